The third-order valence-electron chi connectivity index (χ3n) is 2.70. The molecule has 0 aromatic heterocycles. The maximum absolute atomic E-state index is 10.5. The minimum absolute atomic E-state index is 0. The number of carbonyl (C=O) groups is 1. The van der Waals surface area contributed by atoms with E-state index in [2.05, 4.69) is 0 Å². The van der Waals surface area contributed by atoms with E-state index in [0.29, 0.717) is 17.4 Å². The van der Waals surface area contributed by atoms with Gasteiger partial charge in [0.25, 0.3) is 0 Å². The summed E-state index contributed by atoms with van der Waals surface area (Å²) in [5, 5.41) is 8.67. The van der Waals surface area contributed by atoms with E-state index in [9.17, 15) is 4.79 Å². The zero-order valence-electron chi connectivity index (χ0n) is 5.71. The Hall–Kier alpha value is 0.210. The fraction of sp³-hybridized carbons (Fsp3) is 0.625. The van der Waals surface area contributed by atoms with Crippen molar-refractivity contribution in [3.8, 4) is 0 Å². The Labute approximate surface area is 88.0 Å². The molecule has 0 aromatic carbocycles. The summed E-state index contributed by atoms with van der Waals surface area (Å²) in [5.74, 6) is 0.399. The number of allylic oxidation sites excluding steroid dienone is 1. The van der Waals surface area contributed by atoms with Crippen molar-refractivity contribution in [2.45, 2.75) is 19.3 Å². The third-order valence-corrected chi connectivity index (χ3v) is 2.70. The van der Waals surface area contributed by atoms with E-state index in [1.807, 2.05) is 6.08 Å². The van der Waals surface area contributed by atoms with Crippen LogP contribution in [0.5, 0.6) is 0 Å². The number of carboxylic acids is 1. The molecule has 2 atom stereocenters. The molecule has 1 N–H and O–H groups in total. The first-order chi connectivity index (χ1) is 4.79. The minimum atomic E-state index is -0.702. The van der Waals surface area contributed by atoms with Crippen molar-refractivity contribution in [1.82, 2.24) is 0 Å². The first kappa shape index (κ1) is 9.30. The fourth-order valence-corrected chi connectivity index (χ4v) is 1.94. The van der Waals surface area contributed by atoms with Crippen LogP contribution in [0.15, 0.2) is 11.6 Å². The molecule has 2 rings (SSSR count). The van der Waals surface area contributed by atoms with Gasteiger partial charge in [-0.3, -0.25) is 0 Å². The van der Waals surface area contributed by atoms with E-state index in [1.54, 1.807) is 0 Å². The van der Waals surface area contributed by atoms with Crippen molar-refractivity contribution >= 4 is 35.5 Å². The number of aliphatic carboxylic acids is 1. The van der Waals surface area contributed by atoms with Gasteiger partial charge in [-0.2, -0.15) is 0 Å². The van der Waals surface area contributed by atoms with Gasteiger partial charge in [0.2, 0.25) is 0 Å². The SMILES string of the molecule is O=C(O)C1=CCC2CCC12.[NaH]. The van der Waals surface area contributed by atoms with Gasteiger partial charge in [0.05, 0.1) is 0 Å². The van der Waals surface area contributed by atoms with Gasteiger partial charge in [-0.1, -0.05) is 6.08 Å². The van der Waals surface area contributed by atoms with Crippen LogP contribution in [0.2, 0.25) is 0 Å². The van der Waals surface area contributed by atoms with Crippen LogP contribution in [0, 0.1) is 11.8 Å². The van der Waals surface area contributed by atoms with Crippen LogP contribution in [0.25, 0.3) is 0 Å². The number of fused-ring (bicyclic) bond motifs is 1. The molecule has 0 heterocycles. The van der Waals surface area contributed by atoms with Crippen molar-refractivity contribution in [3.05, 3.63) is 11.6 Å². The topological polar surface area (TPSA) is 37.3 Å². The van der Waals surface area contributed by atoms with Crippen LogP contribution < -0.4 is 0 Å². The molecule has 56 valence electrons. The molecule has 0 aromatic rings. The predicted octanol–water partition coefficient (Wildman–Crippen LogP) is 0.779. The standard InChI is InChI=1S/C8H10O2.Na.H/c9-8(10)7-4-2-5-1-3-6(5)7;;/h4-6H,1-3H2,(H,9,10);;. The number of rotatable bonds is 1. The Balaban J connectivity index is 0.000000605. The third kappa shape index (κ3) is 1.40. The van der Waals surface area contributed by atoms with E-state index in [-0.39, 0.29) is 29.6 Å². The molecule has 2 aliphatic rings. The molecule has 0 spiro atoms. The molecular formula is C8H11NaO2. The molecule has 0 amide bonds. The van der Waals surface area contributed by atoms with Crippen LogP contribution in [0.4, 0.5) is 0 Å². The molecule has 1 saturated carbocycles. The quantitative estimate of drug-likeness (QED) is 0.578. The normalized spacial score (nSPS) is 32.9. The summed E-state index contributed by atoms with van der Waals surface area (Å²) in [7, 11) is 0. The number of hydrogen-bond acceptors (Lipinski definition) is 1. The monoisotopic (exact) mass is 162 g/mol. The summed E-state index contributed by atoms with van der Waals surface area (Å²) in [4.78, 5) is 10.5. The second-order valence-electron chi connectivity index (χ2n) is 3.14. The Kier molecular flexibility index (Phi) is 2.79. The van der Waals surface area contributed by atoms with E-state index in [0.717, 1.165) is 12.8 Å². The summed E-state index contributed by atoms with van der Waals surface area (Å²) in [5.41, 5.74) is 0.677. The van der Waals surface area contributed by atoms with Crippen molar-refractivity contribution in [1.29, 1.82) is 0 Å². The van der Waals surface area contributed by atoms with E-state index in [4.69, 9.17) is 5.11 Å². The second-order valence-corrected chi connectivity index (χ2v) is 3.14. The van der Waals surface area contributed by atoms with E-state index < -0.39 is 5.97 Å². The van der Waals surface area contributed by atoms with Gasteiger partial charge in [-0.05, 0) is 31.1 Å². The molecule has 0 saturated heterocycles. The van der Waals surface area contributed by atoms with Crippen LogP contribution in [0.3, 0.4) is 0 Å². The van der Waals surface area contributed by atoms with E-state index in [1.165, 1.54) is 6.42 Å². The Morgan fingerprint density at radius 1 is 1.55 bits per heavy atom. The van der Waals surface area contributed by atoms with Crippen LogP contribution in [-0.2, 0) is 4.79 Å². The second kappa shape index (κ2) is 3.30. The fourth-order valence-electron chi connectivity index (χ4n) is 1.94. The van der Waals surface area contributed by atoms with Crippen LogP contribution in [0.1, 0.15) is 19.3 Å². The van der Waals surface area contributed by atoms with Crippen molar-refractivity contribution in [2.75, 3.05) is 0 Å². The zero-order valence-corrected chi connectivity index (χ0v) is 5.71. The molecule has 2 aliphatic carbocycles. The van der Waals surface area contributed by atoms with Crippen LogP contribution >= 0.6 is 0 Å². The Morgan fingerprint density at radius 3 is 2.55 bits per heavy atom. The van der Waals surface area contributed by atoms with Gasteiger partial charge < -0.3 is 5.11 Å². The van der Waals surface area contributed by atoms with Gasteiger partial charge in [-0.25, -0.2) is 4.79 Å². The van der Waals surface area contributed by atoms with E-state index >= 15 is 0 Å². The van der Waals surface area contributed by atoms with Gasteiger partial charge in [0.1, 0.15) is 0 Å². The predicted molar refractivity (Wildman–Crippen MR) is 43.7 cm³/mol. The molecule has 0 aliphatic heterocycles. The molecule has 3 heteroatoms. The van der Waals surface area contributed by atoms with Gasteiger partial charge in [0.15, 0.2) is 0 Å². The molecule has 11 heavy (non-hydrogen) atoms. The average molecular weight is 162 g/mol. The van der Waals surface area contributed by atoms with Gasteiger partial charge in [0, 0.05) is 5.57 Å². The number of hydrogen-bond donors (Lipinski definition) is 1. The maximum atomic E-state index is 10.5. The molecule has 0 bridgehead atoms. The zero-order chi connectivity index (χ0) is 7.14. The summed E-state index contributed by atoms with van der Waals surface area (Å²) in [6.45, 7) is 0. The first-order valence-electron chi connectivity index (χ1n) is 3.72. The van der Waals surface area contributed by atoms with Crippen molar-refractivity contribution in [3.63, 3.8) is 0 Å². The van der Waals surface area contributed by atoms with Crippen molar-refractivity contribution in [2.24, 2.45) is 11.8 Å². The summed E-state index contributed by atoms with van der Waals surface area (Å²) >= 11 is 0. The average Bonchev–Trinajstić information content (AvgIpc) is 2.07. The molecule has 0 radical (unpaired) electrons. The van der Waals surface area contributed by atoms with Gasteiger partial charge >= 0.3 is 35.5 Å². The number of carboxylic acid groups (broad SMARTS) is 1. The Bertz CT molecular complexity index is 210. The van der Waals surface area contributed by atoms with Crippen LogP contribution in [-0.4, -0.2) is 40.6 Å². The Morgan fingerprint density at radius 2 is 2.27 bits per heavy atom. The summed E-state index contributed by atoms with van der Waals surface area (Å²) < 4.78 is 0. The summed E-state index contributed by atoms with van der Waals surface area (Å²) in [6, 6.07) is 0. The molecule has 2 unspecified atom stereocenters. The first-order valence-corrected chi connectivity index (χ1v) is 3.72. The molecule has 1 fully saturated rings. The molecule has 2 nitrogen and oxygen atoms in total. The summed E-state index contributed by atoms with van der Waals surface area (Å²) in [6.07, 6.45) is 5.23. The van der Waals surface area contributed by atoms with Crippen molar-refractivity contribution < 1.29 is 9.90 Å². The van der Waals surface area contributed by atoms with Gasteiger partial charge in [-0.15, -0.1) is 0 Å². The molecular weight excluding hydrogens is 151 g/mol.